The molecule has 1 saturated carbocycles. The minimum Gasteiger partial charge on any atom is -0.399 e. The Morgan fingerprint density at radius 1 is 1.11 bits per heavy atom. The van der Waals surface area contributed by atoms with Gasteiger partial charge in [-0.05, 0) is 71.0 Å². The lowest BCUT2D eigenvalue weighted by atomic mass is 9.79. The summed E-state index contributed by atoms with van der Waals surface area (Å²) in [7, 11) is -4.45. The Balaban J connectivity index is 1.83. The van der Waals surface area contributed by atoms with Gasteiger partial charge in [-0.25, -0.2) is 13.1 Å². The van der Waals surface area contributed by atoms with Crippen LogP contribution in [0.2, 0.25) is 5.02 Å². The van der Waals surface area contributed by atoms with Gasteiger partial charge in [-0.2, -0.15) is 0 Å². The Hall–Kier alpha value is -0.635. The lowest BCUT2D eigenvalue weighted by Crippen LogP contribution is -2.41. The van der Waals surface area contributed by atoms with E-state index < -0.39 is 28.3 Å². The van der Waals surface area contributed by atoms with Crippen molar-refractivity contribution < 1.29 is 22.8 Å². The van der Waals surface area contributed by atoms with E-state index in [0.29, 0.717) is 31.1 Å². The van der Waals surface area contributed by atoms with Gasteiger partial charge >= 0.3 is 7.12 Å². The van der Waals surface area contributed by atoms with E-state index in [2.05, 4.69) is 4.72 Å². The molecule has 1 saturated heterocycles. The van der Waals surface area contributed by atoms with Crippen molar-refractivity contribution in [2.24, 2.45) is 0 Å². The highest BCUT2D eigenvalue weighted by molar-refractivity contribution is 7.89. The van der Waals surface area contributed by atoms with E-state index in [-0.39, 0.29) is 22.1 Å². The first-order valence-electron chi connectivity index (χ1n) is 9.27. The molecule has 0 bridgehead atoms. The molecule has 1 aliphatic carbocycles. The molecule has 0 atom stereocenters. The first-order chi connectivity index (χ1) is 12.4. The molecule has 2 aliphatic rings. The van der Waals surface area contributed by atoms with Gasteiger partial charge in [0.1, 0.15) is 4.90 Å². The van der Waals surface area contributed by atoms with Crippen LogP contribution in [0.3, 0.4) is 0 Å². The zero-order chi connectivity index (χ0) is 20.0. The zero-order valence-corrected chi connectivity index (χ0v) is 17.7. The van der Waals surface area contributed by atoms with Crippen LogP contribution in [0.25, 0.3) is 0 Å². The lowest BCUT2D eigenvalue weighted by molar-refractivity contribution is 0.00578. The summed E-state index contributed by atoms with van der Waals surface area (Å²) in [5, 5.41) is 9.75. The standard InChI is InChI=1S/C18H27BClNO5S/c1-17(2)18(3,4)26-19(25-17)12-5-10-15(20)16(11-12)27(23,24)21-13-6-8-14(22)9-7-13/h5,10-11,13-14,21-22H,6-9H2,1-4H3/t13-,14+. The fourth-order valence-corrected chi connectivity index (χ4v) is 5.17. The molecule has 0 aromatic heterocycles. The van der Waals surface area contributed by atoms with Gasteiger partial charge in [-0.1, -0.05) is 17.7 Å². The average Bonchev–Trinajstić information content (AvgIpc) is 2.77. The number of rotatable bonds is 4. The normalized spacial score (nSPS) is 27.7. The number of halogens is 1. The van der Waals surface area contributed by atoms with Gasteiger partial charge in [0.2, 0.25) is 10.0 Å². The third-order valence-corrected chi connectivity index (χ3v) is 7.79. The van der Waals surface area contributed by atoms with Crippen molar-refractivity contribution in [3.8, 4) is 0 Å². The molecule has 1 aromatic carbocycles. The molecule has 3 rings (SSSR count). The summed E-state index contributed by atoms with van der Waals surface area (Å²) in [6.45, 7) is 7.78. The van der Waals surface area contributed by atoms with Crippen LogP contribution in [-0.4, -0.2) is 44.0 Å². The van der Waals surface area contributed by atoms with E-state index in [0.717, 1.165) is 0 Å². The molecule has 0 unspecified atom stereocenters. The molecule has 1 aromatic rings. The maximum absolute atomic E-state index is 12.9. The first-order valence-corrected chi connectivity index (χ1v) is 11.1. The molecule has 0 radical (unpaired) electrons. The smallest absolute Gasteiger partial charge is 0.399 e. The number of aliphatic hydroxyl groups excluding tert-OH is 1. The topological polar surface area (TPSA) is 84.9 Å². The van der Waals surface area contributed by atoms with Gasteiger partial charge in [-0.3, -0.25) is 0 Å². The van der Waals surface area contributed by atoms with Crippen LogP contribution in [0, 0.1) is 0 Å². The molecule has 0 amide bonds. The quantitative estimate of drug-likeness (QED) is 0.737. The minimum absolute atomic E-state index is 0.0162. The molecule has 1 heterocycles. The summed E-state index contributed by atoms with van der Waals surface area (Å²) in [5.74, 6) is 0. The third-order valence-electron chi connectivity index (χ3n) is 5.79. The van der Waals surface area contributed by atoms with Crippen molar-refractivity contribution >= 4 is 34.2 Å². The number of nitrogens with one attached hydrogen (secondary N) is 1. The van der Waals surface area contributed by atoms with Crippen molar-refractivity contribution in [1.82, 2.24) is 4.72 Å². The van der Waals surface area contributed by atoms with Crippen LogP contribution in [0.5, 0.6) is 0 Å². The number of aliphatic hydroxyl groups is 1. The monoisotopic (exact) mass is 415 g/mol. The van der Waals surface area contributed by atoms with Crippen molar-refractivity contribution in [2.75, 3.05) is 0 Å². The van der Waals surface area contributed by atoms with E-state index in [1.807, 2.05) is 27.7 Å². The van der Waals surface area contributed by atoms with E-state index in [1.165, 1.54) is 6.07 Å². The van der Waals surface area contributed by atoms with Crippen LogP contribution >= 0.6 is 11.6 Å². The summed E-state index contributed by atoms with van der Waals surface area (Å²) in [4.78, 5) is 0.0162. The van der Waals surface area contributed by atoms with Gasteiger partial charge < -0.3 is 14.4 Å². The second-order valence-electron chi connectivity index (χ2n) is 8.40. The minimum atomic E-state index is -3.79. The zero-order valence-electron chi connectivity index (χ0n) is 16.2. The van der Waals surface area contributed by atoms with Crippen LogP contribution in [-0.2, 0) is 19.3 Å². The lowest BCUT2D eigenvalue weighted by Gasteiger charge is -2.32. The maximum atomic E-state index is 12.9. The number of hydrogen-bond acceptors (Lipinski definition) is 5. The number of hydrogen-bond donors (Lipinski definition) is 2. The largest absolute Gasteiger partial charge is 0.494 e. The van der Waals surface area contributed by atoms with E-state index in [4.69, 9.17) is 20.9 Å². The molecule has 1 aliphatic heterocycles. The summed E-state index contributed by atoms with van der Waals surface area (Å²) in [6, 6.07) is 4.60. The molecule has 2 N–H and O–H groups in total. The SMILES string of the molecule is CC1(C)OB(c2ccc(Cl)c(S(=O)(=O)N[C@H]3CC[C@@H](O)CC3)c2)OC1(C)C. The van der Waals surface area contributed by atoms with Gasteiger partial charge in [0, 0.05) is 6.04 Å². The molecule has 9 heteroatoms. The van der Waals surface area contributed by atoms with Crippen LogP contribution in [0.15, 0.2) is 23.1 Å². The molecule has 150 valence electrons. The molecule has 6 nitrogen and oxygen atoms in total. The predicted octanol–water partition coefficient (Wildman–Crippen LogP) is 2.22. The maximum Gasteiger partial charge on any atom is 0.494 e. The van der Waals surface area contributed by atoms with E-state index in [9.17, 15) is 13.5 Å². The average molecular weight is 416 g/mol. The van der Waals surface area contributed by atoms with Crippen LogP contribution in [0.4, 0.5) is 0 Å². The van der Waals surface area contributed by atoms with Gasteiger partial charge in [0.25, 0.3) is 0 Å². The Kier molecular flexibility index (Phi) is 5.71. The van der Waals surface area contributed by atoms with E-state index >= 15 is 0 Å². The fourth-order valence-electron chi connectivity index (χ4n) is 3.33. The number of benzene rings is 1. The summed E-state index contributed by atoms with van der Waals surface area (Å²) >= 11 is 6.20. The number of sulfonamides is 1. The van der Waals surface area contributed by atoms with E-state index in [1.54, 1.807) is 12.1 Å². The first kappa shape index (κ1) is 21.1. The second kappa shape index (κ2) is 7.32. The highest BCUT2D eigenvalue weighted by Crippen LogP contribution is 2.36. The molecule has 27 heavy (non-hydrogen) atoms. The Morgan fingerprint density at radius 2 is 1.67 bits per heavy atom. The molecular weight excluding hydrogens is 389 g/mol. The summed E-state index contributed by atoms with van der Waals surface area (Å²) in [6.07, 6.45) is 2.05. The Morgan fingerprint density at radius 3 is 2.22 bits per heavy atom. The Labute approximate surface area is 166 Å². The fraction of sp³-hybridized carbons (Fsp3) is 0.667. The van der Waals surface area contributed by atoms with Crippen molar-refractivity contribution in [3.63, 3.8) is 0 Å². The van der Waals surface area contributed by atoms with Crippen molar-refractivity contribution in [1.29, 1.82) is 0 Å². The predicted molar refractivity (Wildman–Crippen MR) is 106 cm³/mol. The van der Waals surface area contributed by atoms with Crippen LogP contribution in [0.1, 0.15) is 53.4 Å². The molecular formula is C18H27BClNO5S. The molecule has 2 fully saturated rings. The van der Waals surface area contributed by atoms with Crippen LogP contribution < -0.4 is 10.2 Å². The Bertz CT molecular complexity index is 790. The van der Waals surface area contributed by atoms with Gasteiger partial charge in [-0.15, -0.1) is 0 Å². The van der Waals surface area contributed by atoms with Crippen molar-refractivity contribution in [3.05, 3.63) is 23.2 Å². The molecule has 0 spiro atoms. The van der Waals surface area contributed by atoms with Gasteiger partial charge in [0.15, 0.2) is 0 Å². The second-order valence-corrected chi connectivity index (χ2v) is 10.5. The summed E-state index contributed by atoms with van der Waals surface area (Å²) in [5.41, 5.74) is -0.424. The summed E-state index contributed by atoms with van der Waals surface area (Å²) < 4.78 is 40.5. The highest BCUT2D eigenvalue weighted by Gasteiger charge is 2.51. The highest BCUT2D eigenvalue weighted by atomic mass is 35.5. The van der Waals surface area contributed by atoms with Gasteiger partial charge in [0.05, 0.1) is 22.3 Å². The van der Waals surface area contributed by atoms with Crippen molar-refractivity contribution in [2.45, 2.75) is 81.6 Å². The third kappa shape index (κ3) is 4.36.